The van der Waals surface area contributed by atoms with Crippen LogP contribution in [-0.4, -0.2) is 20.0 Å². The van der Waals surface area contributed by atoms with E-state index < -0.39 is 10.0 Å². The lowest BCUT2D eigenvalue weighted by atomic mass is 10.3. The van der Waals surface area contributed by atoms with Gasteiger partial charge in [0.25, 0.3) is 10.0 Å². The molecular weight excluding hydrogens is 300 g/mol. The summed E-state index contributed by atoms with van der Waals surface area (Å²) in [5, 5.41) is 0.219. The lowest BCUT2D eigenvalue weighted by Crippen LogP contribution is -2.13. The lowest BCUT2D eigenvalue weighted by Gasteiger charge is -2.08. The molecule has 0 saturated heterocycles. The zero-order valence-corrected chi connectivity index (χ0v) is 12.3. The average Bonchev–Trinajstić information content (AvgIpc) is 2.39. The van der Waals surface area contributed by atoms with E-state index in [1.807, 2.05) is 6.92 Å². The maximum Gasteiger partial charge on any atom is 0.263 e. The maximum atomic E-state index is 12.1. The van der Waals surface area contributed by atoms with Crippen LogP contribution in [0.3, 0.4) is 0 Å². The van der Waals surface area contributed by atoms with Crippen molar-refractivity contribution < 1.29 is 13.2 Å². The van der Waals surface area contributed by atoms with Gasteiger partial charge in [-0.2, -0.15) is 0 Å². The second kappa shape index (κ2) is 6.11. The van der Waals surface area contributed by atoms with Crippen molar-refractivity contribution in [2.45, 2.75) is 11.8 Å². The average molecular weight is 313 g/mol. The number of nitrogens with one attached hydrogen (secondary N) is 1. The van der Waals surface area contributed by atoms with Crippen LogP contribution in [0.4, 0.5) is 5.82 Å². The molecule has 0 saturated carbocycles. The summed E-state index contributed by atoms with van der Waals surface area (Å²) < 4.78 is 31.9. The Morgan fingerprint density at radius 1 is 1.20 bits per heavy atom. The number of hydrogen-bond acceptors (Lipinski definition) is 4. The molecule has 2 rings (SSSR count). The number of nitrogens with zero attached hydrogens (tertiary/aromatic N) is 1. The zero-order valence-electron chi connectivity index (χ0n) is 10.7. The van der Waals surface area contributed by atoms with Crippen LogP contribution in [0.2, 0.25) is 5.15 Å². The highest BCUT2D eigenvalue weighted by Gasteiger charge is 2.14. The SMILES string of the molecule is CCOc1ccc(S(=O)(=O)Nc2cccc(Cl)n2)cc1. The molecule has 1 aromatic carbocycles. The van der Waals surface area contributed by atoms with E-state index in [-0.39, 0.29) is 15.9 Å². The highest BCUT2D eigenvalue weighted by atomic mass is 35.5. The van der Waals surface area contributed by atoms with Gasteiger partial charge in [-0.05, 0) is 43.3 Å². The molecule has 0 unspecified atom stereocenters. The summed E-state index contributed by atoms with van der Waals surface area (Å²) in [6, 6.07) is 10.8. The molecule has 0 amide bonds. The normalized spacial score (nSPS) is 11.1. The molecule has 20 heavy (non-hydrogen) atoms. The maximum absolute atomic E-state index is 12.1. The van der Waals surface area contributed by atoms with E-state index in [0.717, 1.165) is 0 Å². The van der Waals surface area contributed by atoms with Gasteiger partial charge in [-0.15, -0.1) is 0 Å². The number of anilines is 1. The molecular formula is C13H13ClN2O3S. The molecule has 2 aromatic rings. The van der Waals surface area contributed by atoms with Crippen molar-refractivity contribution in [3.05, 3.63) is 47.6 Å². The molecule has 1 heterocycles. The van der Waals surface area contributed by atoms with Crippen LogP contribution in [0.1, 0.15) is 6.92 Å². The Morgan fingerprint density at radius 2 is 1.90 bits per heavy atom. The van der Waals surface area contributed by atoms with Crippen LogP contribution < -0.4 is 9.46 Å². The second-order valence-electron chi connectivity index (χ2n) is 3.86. The molecule has 0 radical (unpaired) electrons. The molecule has 1 N–H and O–H groups in total. The Morgan fingerprint density at radius 3 is 2.50 bits per heavy atom. The molecule has 5 nitrogen and oxygen atoms in total. The molecule has 0 aliphatic carbocycles. The molecule has 0 spiro atoms. The van der Waals surface area contributed by atoms with Crippen molar-refractivity contribution in [3.63, 3.8) is 0 Å². The van der Waals surface area contributed by atoms with Gasteiger partial charge >= 0.3 is 0 Å². The number of rotatable bonds is 5. The number of ether oxygens (including phenoxy) is 1. The summed E-state index contributed by atoms with van der Waals surface area (Å²) in [5.74, 6) is 0.790. The number of hydrogen-bond donors (Lipinski definition) is 1. The van der Waals surface area contributed by atoms with Gasteiger partial charge in [0.05, 0.1) is 11.5 Å². The van der Waals surface area contributed by atoms with Gasteiger partial charge in [0.1, 0.15) is 16.7 Å². The minimum atomic E-state index is -3.69. The van der Waals surface area contributed by atoms with Crippen molar-refractivity contribution >= 4 is 27.4 Å². The van der Waals surface area contributed by atoms with E-state index in [4.69, 9.17) is 16.3 Å². The largest absolute Gasteiger partial charge is 0.494 e. The fourth-order valence-electron chi connectivity index (χ4n) is 1.54. The van der Waals surface area contributed by atoms with Gasteiger partial charge in [0, 0.05) is 0 Å². The smallest absolute Gasteiger partial charge is 0.263 e. The number of aromatic nitrogens is 1. The summed E-state index contributed by atoms with van der Waals surface area (Å²) in [7, 11) is -3.69. The summed E-state index contributed by atoms with van der Waals surface area (Å²) >= 11 is 5.71. The van der Waals surface area contributed by atoms with Crippen molar-refractivity contribution in [1.82, 2.24) is 4.98 Å². The van der Waals surface area contributed by atoms with Crippen LogP contribution in [0.5, 0.6) is 5.75 Å². The number of sulfonamides is 1. The first kappa shape index (κ1) is 14.6. The van der Waals surface area contributed by atoms with Gasteiger partial charge in [-0.25, -0.2) is 13.4 Å². The number of pyridine rings is 1. The first-order chi connectivity index (χ1) is 9.51. The minimum Gasteiger partial charge on any atom is -0.494 e. The van der Waals surface area contributed by atoms with E-state index in [9.17, 15) is 8.42 Å². The van der Waals surface area contributed by atoms with Gasteiger partial charge in [-0.3, -0.25) is 4.72 Å². The van der Waals surface area contributed by atoms with Gasteiger partial charge < -0.3 is 4.74 Å². The number of benzene rings is 1. The molecule has 0 bridgehead atoms. The van der Waals surface area contributed by atoms with E-state index in [2.05, 4.69) is 9.71 Å². The summed E-state index contributed by atoms with van der Waals surface area (Å²) in [6.07, 6.45) is 0. The summed E-state index contributed by atoms with van der Waals surface area (Å²) in [4.78, 5) is 4.01. The highest BCUT2D eigenvalue weighted by molar-refractivity contribution is 7.92. The molecule has 106 valence electrons. The molecule has 0 aliphatic rings. The van der Waals surface area contributed by atoms with Gasteiger partial charge in [0.15, 0.2) is 0 Å². The molecule has 1 aromatic heterocycles. The van der Waals surface area contributed by atoms with Gasteiger partial charge in [0.2, 0.25) is 0 Å². The monoisotopic (exact) mass is 312 g/mol. The Balaban J connectivity index is 2.21. The van der Waals surface area contributed by atoms with Crippen molar-refractivity contribution in [2.75, 3.05) is 11.3 Å². The third kappa shape index (κ3) is 3.61. The van der Waals surface area contributed by atoms with E-state index >= 15 is 0 Å². The quantitative estimate of drug-likeness (QED) is 0.862. The number of halogens is 1. The van der Waals surface area contributed by atoms with Crippen molar-refractivity contribution in [3.8, 4) is 5.75 Å². The first-order valence-electron chi connectivity index (χ1n) is 5.89. The van der Waals surface area contributed by atoms with E-state index in [1.54, 1.807) is 24.3 Å². The third-order valence-corrected chi connectivity index (χ3v) is 3.98. The molecule has 7 heteroatoms. The Bertz CT molecular complexity index is 687. The molecule has 0 aliphatic heterocycles. The third-order valence-electron chi connectivity index (χ3n) is 2.40. The summed E-state index contributed by atoms with van der Waals surface area (Å²) in [6.45, 7) is 2.38. The molecule has 0 atom stereocenters. The minimum absolute atomic E-state index is 0.128. The Labute approximate surface area is 122 Å². The molecule has 0 fully saturated rings. The van der Waals surface area contributed by atoms with Crippen LogP contribution in [0.15, 0.2) is 47.4 Å². The van der Waals surface area contributed by atoms with Crippen LogP contribution in [0.25, 0.3) is 0 Å². The standard InChI is InChI=1S/C13H13ClN2O3S/c1-2-19-10-6-8-11(9-7-10)20(17,18)16-13-5-3-4-12(14)15-13/h3-9H,2H2,1H3,(H,15,16). The van der Waals surface area contributed by atoms with Crippen LogP contribution >= 0.6 is 11.6 Å². The van der Waals surface area contributed by atoms with E-state index in [0.29, 0.717) is 12.4 Å². The van der Waals surface area contributed by atoms with E-state index in [1.165, 1.54) is 18.2 Å². The van der Waals surface area contributed by atoms with Crippen molar-refractivity contribution in [1.29, 1.82) is 0 Å². The second-order valence-corrected chi connectivity index (χ2v) is 5.93. The first-order valence-corrected chi connectivity index (χ1v) is 7.75. The fourth-order valence-corrected chi connectivity index (χ4v) is 2.71. The Kier molecular flexibility index (Phi) is 4.46. The highest BCUT2D eigenvalue weighted by Crippen LogP contribution is 2.19. The lowest BCUT2D eigenvalue weighted by molar-refractivity contribution is 0.340. The predicted octanol–water partition coefficient (Wildman–Crippen LogP) is 2.93. The van der Waals surface area contributed by atoms with Crippen LogP contribution in [0, 0.1) is 0 Å². The summed E-state index contributed by atoms with van der Waals surface area (Å²) in [5.41, 5.74) is 0. The predicted molar refractivity (Wildman–Crippen MR) is 77.7 cm³/mol. The fraction of sp³-hybridized carbons (Fsp3) is 0.154. The Hall–Kier alpha value is -1.79. The van der Waals surface area contributed by atoms with Crippen molar-refractivity contribution in [2.24, 2.45) is 0 Å². The van der Waals surface area contributed by atoms with Crippen LogP contribution in [-0.2, 0) is 10.0 Å². The van der Waals surface area contributed by atoms with Gasteiger partial charge in [-0.1, -0.05) is 17.7 Å². The topological polar surface area (TPSA) is 68.3 Å². The zero-order chi connectivity index (χ0) is 14.6.